The van der Waals surface area contributed by atoms with E-state index in [0.29, 0.717) is 28.4 Å². The first-order valence-corrected chi connectivity index (χ1v) is 15.2. The standard InChI is InChI=1S/C36H36FN5O3/c1-24(2)38-36(44)40-29-10-16-32(17-11-29)45-31-14-8-28(9-15-31)39-35(43)25-5-12-30(13-6-25)42-23-26(22-41-19-3-4-20-41)33-21-27(37)7-18-34(33)42/h5-18,21,23-24H,3-4,19-20,22H2,1-2H3,(H,39,43)(H2,38,40,44). The molecule has 0 bridgehead atoms. The van der Waals surface area contributed by atoms with Gasteiger partial charge in [0.05, 0.1) is 5.52 Å². The van der Waals surface area contributed by atoms with Crippen LogP contribution in [0.25, 0.3) is 16.6 Å². The summed E-state index contributed by atoms with van der Waals surface area (Å²) in [4.78, 5) is 27.3. The molecule has 4 aromatic carbocycles. The van der Waals surface area contributed by atoms with Crippen LogP contribution in [0.2, 0.25) is 0 Å². The number of nitrogens with one attached hydrogen (secondary N) is 3. The fourth-order valence-corrected chi connectivity index (χ4v) is 5.55. The van der Waals surface area contributed by atoms with E-state index in [1.54, 1.807) is 66.7 Å². The number of ether oxygens (including phenoxy) is 1. The van der Waals surface area contributed by atoms with E-state index in [-0.39, 0.29) is 23.8 Å². The van der Waals surface area contributed by atoms with E-state index in [2.05, 4.69) is 31.6 Å². The zero-order valence-corrected chi connectivity index (χ0v) is 25.3. The number of anilines is 2. The summed E-state index contributed by atoms with van der Waals surface area (Å²) < 4.78 is 22.1. The Kier molecular flexibility index (Phi) is 8.79. The van der Waals surface area contributed by atoms with Crippen LogP contribution >= 0.6 is 0 Å². The fourth-order valence-electron chi connectivity index (χ4n) is 5.55. The lowest BCUT2D eigenvalue weighted by molar-refractivity contribution is 0.102. The predicted octanol–water partition coefficient (Wildman–Crippen LogP) is 7.94. The number of fused-ring (bicyclic) bond motifs is 1. The molecule has 1 aromatic heterocycles. The summed E-state index contributed by atoms with van der Waals surface area (Å²) in [5.74, 6) is 0.753. The van der Waals surface area contributed by atoms with Gasteiger partial charge in [0, 0.05) is 46.8 Å². The molecule has 0 radical (unpaired) electrons. The van der Waals surface area contributed by atoms with Gasteiger partial charge in [-0.15, -0.1) is 0 Å². The van der Waals surface area contributed by atoms with Crippen molar-refractivity contribution in [3.8, 4) is 17.2 Å². The Morgan fingerprint density at radius 2 is 1.44 bits per heavy atom. The topological polar surface area (TPSA) is 87.6 Å². The van der Waals surface area contributed by atoms with E-state index >= 15 is 0 Å². The Bertz CT molecular complexity index is 1790. The van der Waals surface area contributed by atoms with Gasteiger partial charge in [-0.05, 0) is 136 Å². The smallest absolute Gasteiger partial charge is 0.319 e. The zero-order chi connectivity index (χ0) is 31.3. The molecule has 3 amide bonds. The van der Waals surface area contributed by atoms with Crippen molar-refractivity contribution in [1.29, 1.82) is 0 Å². The normalized spacial score (nSPS) is 13.2. The van der Waals surface area contributed by atoms with E-state index in [4.69, 9.17) is 4.74 Å². The van der Waals surface area contributed by atoms with Crippen LogP contribution in [0, 0.1) is 5.82 Å². The number of aromatic nitrogens is 1. The molecule has 230 valence electrons. The maximum absolute atomic E-state index is 14.2. The number of carbonyl (C=O) groups is 2. The van der Waals surface area contributed by atoms with Gasteiger partial charge in [-0.3, -0.25) is 9.69 Å². The molecule has 0 atom stereocenters. The van der Waals surface area contributed by atoms with Crippen LogP contribution in [0.3, 0.4) is 0 Å². The molecule has 2 heterocycles. The van der Waals surface area contributed by atoms with Gasteiger partial charge in [0.15, 0.2) is 0 Å². The number of hydrogen-bond donors (Lipinski definition) is 3. The molecule has 6 rings (SSSR count). The minimum Gasteiger partial charge on any atom is -0.457 e. The minimum absolute atomic E-state index is 0.0456. The van der Waals surface area contributed by atoms with E-state index in [1.165, 1.54) is 18.9 Å². The highest BCUT2D eigenvalue weighted by atomic mass is 19.1. The predicted molar refractivity (Wildman–Crippen MR) is 176 cm³/mol. The molecule has 0 saturated carbocycles. The second-order valence-electron chi connectivity index (χ2n) is 11.6. The molecular formula is C36H36FN5O3. The lowest BCUT2D eigenvalue weighted by atomic mass is 10.1. The van der Waals surface area contributed by atoms with Crippen molar-refractivity contribution in [1.82, 2.24) is 14.8 Å². The second kappa shape index (κ2) is 13.2. The molecule has 1 aliphatic rings. The minimum atomic E-state index is -0.263. The second-order valence-corrected chi connectivity index (χ2v) is 11.6. The Morgan fingerprint density at radius 1 is 0.822 bits per heavy atom. The number of likely N-dealkylation sites (tertiary alicyclic amines) is 1. The van der Waals surface area contributed by atoms with Gasteiger partial charge in [-0.1, -0.05) is 0 Å². The quantitative estimate of drug-likeness (QED) is 0.159. The number of halogens is 1. The Hall–Kier alpha value is -5.15. The van der Waals surface area contributed by atoms with Crippen LogP contribution in [0.1, 0.15) is 42.6 Å². The molecule has 1 saturated heterocycles. The summed E-state index contributed by atoms with van der Waals surface area (Å²) in [6.07, 6.45) is 4.48. The van der Waals surface area contributed by atoms with Crippen molar-refractivity contribution in [2.24, 2.45) is 0 Å². The summed E-state index contributed by atoms with van der Waals surface area (Å²) in [5.41, 5.74) is 4.75. The number of urea groups is 1. The van der Waals surface area contributed by atoms with Gasteiger partial charge < -0.3 is 25.3 Å². The number of hydrogen-bond acceptors (Lipinski definition) is 4. The summed E-state index contributed by atoms with van der Waals surface area (Å²) in [5, 5.41) is 9.40. The summed E-state index contributed by atoms with van der Waals surface area (Å²) in [6, 6.07) is 26.3. The number of benzene rings is 4. The molecule has 1 fully saturated rings. The SMILES string of the molecule is CC(C)NC(=O)Nc1ccc(Oc2ccc(NC(=O)c3ccc(-n4cc(CN5CCCC5)c5cc(F)ccc54)cc3)cc2)cc1. The summed E-state index contributed by atoms with van der Waals surface area (Å²) >= 11 is 0. The van der Waals surface area contributed by atoms with Crippen molar-refractivity contribution in [3.05, 3.63) is 114 Å². The van der Waals surface area contributed by atoms with E-state index < -0.39 is 0 Å². The molecule has 0 unspecified atom stereocenters. The first-order chi connectivity index (χ1) is 21.8. The van der Waals surface area contributed by atoms with Gasteiger partial charge in [0.25, 0.3) is 5.91 Å². The largest absolute Gasteiger partial charge is 0.457 e. The number of rotatable bonds is 9. The van der Waals surface area contributed by atoms with Crippen molar-refractivity contribution in [3.63, 3.8) is 0 Å². The van der Waals surface area contributed by atoms with Crippen LogP contribution < -0.4 is 20.7 Å². The van der Waals surface area contributed by atoms with Gasteiger partial charge in [0.1, 0.15) is 17.3 Å². The Labute approximate surface area is 261 Å². The molecule has 0 aliphatic carbocycles. The lowest BCUT2D eigenvalue weighted by Gasteiger charge is -2.13. The highest BCUT2D eigenvalue weighted by Crippen LogP contribution is 2.29. The van der Waals surface area contributed by atoms with Crippen LogP contribution in [0.15, 0.2) is 97.2 Å². The van der Waals surface area contributed by atoms with Crippen LogP contribution in [-0.2, 0) is 6.54 Å². The zero-order valence-electron chi connectivity index (χ0n) is 25.3. The molecule has 5 aromatic rings. The maximum Gasteiger partial charge on any atom is 0.319 e. The van der Waals surface area contributed by atoms with Crippen molar-refractivity contribution in [2.45, 2.75) is 39.3 Å². The summed E-state index contributed by atoms with van der Waals surface area (Å²) in [7, 11) is 0. The van der Waals surface area contributed by atoms with E-state index in [0.717, 1.165) is 41.8 Å². The number of carbonyl (C=O) groups excluding carboxylic acids is 2. The van der Waals surface area contributed by atoms with Crippen molar-refractivity contribution >= 4 is 34.2 Å². The molecule has 8 nitrogen and oxygen atoms in total. The third-order valence-electron chi connectivity index (χ3n) is 7.73. The third kappa shape index (κ3) is 7.33. The molecule has 9 heteroatoms. The number of amides is 3. The fraction of sp³-hybridized carbons (Fsp3) is 0.222. The monoisotopic (exact) mass is 605 g/mol. The average molecular weight is 606 g/mol. The highest BCUT2D eigenvalue weighted by Gasteiger charge is 2.17. The van der Waals surface area contributed by atoms with E-state index in [9.17, 15) is 14.0 Å². The first-order valence-electron chi connectivity index (χ1n) is 15.2. The van der Waals surface area contributed by atoms with Gasteiger partial charge in [-0.2, -0.15) is 0 Å². The Balaban J connectivity index is 1.08. The average Bonchev–Trinajstić information content (AvgIpc) is 3.67. The Morgan fingerprint density at radius 3 is 2.07 bits per heavy atom. The van der Waals surface area contributed by atoms with Crippen LogP contribution in [0.5, 0.6) is 11.5 Å². The third-order valence-corrected chi connectivity index (χ3v) is 7.73. The van der Waals surface area contributed by atoms with Crippen molar-refractivity contribution < 1.29 is 18.7 Å². The van der Waals surface area contributed by atoms with Crippen LogP contribution in [-0.4, -0.2) is 40.5 Å². The van der Waals surface area contributed by atoms with Gasteiger partial charge in [0.2, 0.25) is 0 Å². The number of nitrogens with zero attached hydrogens (tertiary/aromatic N) is 2. The molecule has 3 N–H and O–H groups in total. The van der Waals surface area contributed by atoms with Crippen molar-refractivity contribution in [2.75, 3.05) is 23.7 Å². The molecular weight excluding hydrogens is 569 g/mol. The highest BCUT2D eigenvalue weighted by molar-refractivity contribution is 6.04. The summed E-state index contributed by atoms with van der Waals surface area (Å²) in [6.45, 7) is 6.71. The molecule has 1 aliphatic heterocycles. The van der Waals surface area contributed by atoms with Gasteiger partial charge in [-0.25, -0.2) is 9.18 Å². The lowest BCUT2D eigenvalue weighted by Crippen LogP contribution is -2.34. The van der Waals surface area contributed by atoms with Gasteiger partial charge >= 0.3 is 6.03 Å². The molecule has 0 spiro atoms. The van der Waals surface area contributed by atoms with Crippen LogP contribution in [0.4, 0.5) is 20.6 Å². The first kappa shape index (κ1) is 29.9. The maximum atomic E-state index is 14.2. The van der Waals surface area contributed by atoms with E-state index in [1.807, 2.05) is 32.0 Å². The molecule has 45 heavy (non-hydrogen) atoms.